The lowest BCUT2D eigenvalue weighted by Gasteiger charge is -2.20. The molecule has 1 aliphatic carbocycles. The molecule has 7 heteroatoms. The number of Topliss-reactive ketones (excluding diaryl/α,β-unsaturated/α-hetero) is 6. The Kier molecular flexibility index (Phi) is 32.5. The fourth-order valence-corrected chi connectivity index (χ4v) is 5.18. The van der Waals surface area contributed by atoms with Crippen LogP contribution in [0.2, 0.25) is 0 Å². The molecule has 0 unspecified atom stereocenters. The van der Waals surface area contributed by atoms with Crippen LogP contribution in [0.1, 0.15) is 214 Å². The largest absolute Gasteiger partial charge is 0.303 e. The number of ketones is 6. The van der Waals surface area contributed by atoms with Crippen LogP contribution in [-0.4, -0.2) is 41.0 Å². The SMILES string of the molecule is CC(=O)C(C)(C)C.CC(C)(C)C(=O)C1CCCC1.CC(C)(C)C(=O)Cc1ccccc1.CC(C)(C)C=O.CC(C)C(=O)C(C)(C)C.CC(C)C(=O)c1ccccc1.CCC(=O)C(C)(C)C. The van der Waals surface area contributed by atoms with Crippen molar-refractivity contribution in [1.82, 2.24) is 0 Å². The van der Waals surface area contributed by atoms with Gasteiger partial charge in [0.2, 0.25) is 0 Å². The lowest BCUT2D eigenvalue weighted by molar-refractivity contribution is -0.130. The van der Waals surface area contributed by atoms with Gasteiger partial charge in [0.25, 0.3) is 0 Å². The molecule has 0 spiro atoms. The smallest absolute Gasteiger partial charge is 0.165 e. The van der Waals surface area contributed by atoms with Gasteiger partial charge in [0.15, 0.2) is 5.78 Å². The molecule has 1 saturated carbocycles. The minimum Gasteiger partial charge on any atom is -0.303 e. The van der Waals surface area contributed by atoms with Crippen LogP contribution in [-0.2, 0) is 35.2 Å². The predicted molar refractivity (Wildman–Crippen MR) is 276 cm³/mol. The molecular formula is C58H98O7. The monoisotopic (exact) mass is 907 g/mol. The highest BCUT2D eigenvalue weighted by Crippen LogP contribution is 2.32. The molecule has 3 rings (SSSR count). The van der Waals surface area contributed by atoms with Crippen LogP contribution in [0.4, 0.5) is 0 Å². The van der Waals surface area contributed by atoms with E-state index in [2.05, 4.69) is 0 Å². The number of hydrogen-bond donors (Lipinski definition) is 0. The molecule has 7 nitrogen and oxygen atoms in total. The molecule has 1 aliphatic rings. The first-order valence-electron chi connectivity index (χ1n) is 23.8. The molecule has 0 aromatic heterocycles. The minimum absolute atomic E-state index is 0.0948. The number of carbonyl (C=O) groups is 7. The van der Waals surface area contributed by atoms with Crippen molar-refractivity contribution in [2.45, 2.75) is 205 Å². The molecule has 372 valence electrons. The number of benzene rings is 2. The van der Waals surface area contributed by atoms with E-state index in [0.29, 0.717) is 41.9 Å². The second-order valence-electron chi connectivity index (χ2n) is 23.9. The van der Waals surface area contributed by atoms with Crippen LogP contribution in [0.5, 0.6) is 0 Å². The molecule has 0 amide bonds. The lowest BCUT2D eigenvalue weighted by Crippen LogP contribution is -2.26. The summed E-state index contributed by atoms with van der Waals surface area (Å²) in [6.45, 7) is 46.2. The van der Waals surface area contributed by atoms with Crippen LogP contribution < -0.4 is 0 Å². The average Bonchev–Trinajstić information content (AvgIpc) is 3.72. The van der Waals surface area contributed by atoms with E-state index in [1.54, 1.807) is 6.92 Å². The molecule has 2 aromatic rings. The molecule has 65 heavy (non-hydrogen) atoms. The fourth-order valence-electron chi connectivity index (χ4n) is 5.18. The van der Waals surface area contributed by atoms with Gasteiger partial charge >= 0.3 is 0 Å². The highest BCUT2D eigenvalue weighted by atomic mass is 16.1. The molecule has 0 bridgehead atoms. The van der Waals surface area contributed by atoms with E-state index in [-0.39, 0.29) is 55.9 Å². The molecule has 0 radical (unpaired) electrons. The van der Waals surface area contributed by atoms with Gasteiger partial charge in [-0.2, -0.15) is 0 Å². The van der Waals surface area contributed by atoms with Gasteiger partial charge in [-0.1, -0.05) is 233 Å². The van der Waals surface area contributed by atoms with E-state index in [4.69, 9.17) is 0 Å². The quantitative estimate of drug-likeness (QED) is 0.200. The predicted octanol–water partition coefficient (Wildman–Crippen LogP) is 15.3. The van der Waals surface area contributed by atoms with E-state index in [9.17, 15) is 33.6 Å². The van der Waals surface area contributed by atoms with Crippen LogP contribution in [0.3, 0.4) is 0 Å². The van der Waals surface area contributed by atoms with Crippen LogP contribution in [0.25, 0.3) is 0 Å². The van der Waals surface area contributed by atoms with Crippen molar-refractivity contribution in [2.75, 3.05) is 0 Å². The van der Waals surface area contributed by atoms with Crippen LogP contribution in [0.15, 0.2) is 60.7 Å². The van der Waals surface area contributed by atoms with Gasteiger partial charge in [-0.15, -0.1) is 0 Å². The number of rotatable bonds is 7. The van der Waals surface area contributed by atoms with Gasteiger partial charge in [0.05, 0.1) is 0 Å². The zero-order valence-corrected chi connectivity index (χ0v) is 46.2. The van der Waals surface area contributed by atoms with E-state index >= 15 is 0 Å². The molecule has 0 aliphatic heterocycles. The van der Waals surface area contributed by atoms with Crippen molar-refractivity contribution in [3.63, 3.8) is 0 Å². The van der Waals surface area contributed by atoms with Crippen molar-refractivity contribution >= 4 is 41.0 Å². The molecule has 0 atom stereocenters. The third-order valence-electron chi connectivity index (χ3n) is 9.92. The maximum Gasteiger partial charge on any atom is 0.165 e. The Labute approximate surface area is 399 Å². The summed E-state index contributed by atoms with van der Waals surface area (Å²) in [5.74, 6) is 2.53. The van der Waals surface area contributed by atoms with Gasteiger partial charge in [-0.3, -0.25) is 28.8 Å². The zero-order valence-electron chi connectivity index (χ0n) is 46.2. The Morgan fingerprint density at radius 3 is 1.11 bits per heavy atom. The average molecular weight is 907 g/mol. The summed E-state index contributed by atoms with van der Waals surface area (Å²) < 4.78 is 0. The fraction of sp³-hybridized carbons (Fsp3) is 0.672. The van der Waals surface area contributed by atoms with Crippen molar-refractivity contribution < 1.29 is 33.6 Å². The number of carbonyl (C=O) groups excluding carboxylic acids is 7. The van der Waals surface area contributed by atoms with Crippen molar-refractivity contribution in [3.8, 4) is 0 Å². The summed E-state index contributed by atoms with van der Waals surface area (Å²) in [7, 11) is 0. The first-order chi connectivity index (χ1) is 29.1. The molecule has 0 saturated heterocycles. The van der Waals surface area contributed by atoms with Crippen molar-refractivity contribution in [2.24, 2.45) is 50.2 Å². The third-order valence-corrected chi connectivity index (χ3v) is 9.92. The van der Waals surface area contributed by atoms with Crippen LogP contribution in [0, 0.1) is 50.2 Å². The van der Waals surface area contributed by atoms with E-state index in [0.717, 1.165) is 30.3 Å². The Bertz CT molecular complexity index is 1670. The second-order valence-corrected chi connectivity index (χ2v) is 23.9. The lowest BCUT2D eigenvalue weighted by atomic mass is 9.82. The topological polar surface area (TPSA) is 119 Å². The summed E-state index contributed by atoms with van der Waals surface area (Å²) in [5.41, 5.74) is 0.998. The first kappa shape index (κ1) is 67.7. The number of hydrogen-bond acceptors (Lipinski definition) is 7. The highest BCUT2D eigenvalue weighted by Gasteiger charge is 2.31. The van der Waals surface area contributed by atoms with Crippen LogP contribution >= 0.6 is 0 Å². The van der Waals surface area contributed by atoms with E-state index in [1.807, 2.05) is 220 Å². The minimum atomic E-state index is -0.226. The van der Waals surface area contributed by atoms with Gasteiger partial charge < -0.3 is 4.79 Å². The van der Waals surface area contributed by atoms with E-state index < -0.39 is 0 Å². The summed E-state index contributed by atoms with van der Waals surface area (Å²) in [6, 6.07) is 19.3. The summed E-state index contributed by atoms with van der Waals surface area (Å²) in [6.07, 6.45) is 6.92. The van der Waals surface area contributed by atoms with Gasteiger partial charge in [-0.25, -0.2) is 0 Å². The molecule has 0 heterocycles. The van der Waals surface area contributed by atoms with Gasteiger partial charge in [-0.05, 0) is 25.3 Å². The summed E-state index contributed by atoms with van der Waals surface area (Å²) in [5, 5.41) is 0. The summed E-state index contributed by atoms with van der Waals surface area (Å²) >= 11 is 0. The van der Waals surface area contributed by atoms with Gasteiger partial charge in [0.1, 0.15) is 35.2 Å². The molecule has 0 N–H and O–H groups in total. The first-order valence-corrected chi connectivity index (χ1v) is 23.8. The van der Waals surface area contributed by atoms with E-state index in [1.165, 1.54) is 12.8 Å². The standard InChI is InChI=1S/C12H16O.C10H18O.C10H12O.C8H16O.C7H14O.C6H12O.C5H10O/c1-12(2,3)11(13)9-10-7-5-4-6-8-10;1-10(2,3)9(11)8-6-4-5-7-8;1-8(2)10(11)9-6-4-3-5-7-9;1-6(2)7(9)8(3,4)5;1-5-6(8)7(2,3)4;1-5(7)6(2,3)4;1-5(2,3)4-6/h4-8H,9H2,1-3H3;8H,4-7H2,1-3H3;3-8H,1-2H3;6H,1-5H3;5H2,1-4H3;1-4H3;4H,1-3H3. The second kappa shape index (κ2) is 31.2. The Balaban J connectivity index is -0.000000339. The zero-order chi connectivity index (χ0) is 52.4. The Hall–Kier alpha value is -3.87. The van der Waals surface area contributed by atoms with Crippen molar-refractivity contribution in [1.29, 1.82) is 0 Å². The molecular weight excluding hydrogens is 809 g/mol. The highest BCUT2D eigenvalue weighted by molar-refractivity contribution is 5.97. The number of aldehydes is 1. The Morgan fingerprint density at radius 1 is 0.538 bits per heavy atom. The normalized spacial score (nSPS) is 12.8. The maximum atomic E-state index is 11.7. The Morgan fingerprint density at radius 2 is 0.892 bits per heavy atom. The molecule has 1 fully saturated rings. The van der Waals surface area contributed by atoms with Gasteiger partial charge in [0, 0.05) is 68.6 Å². The van der Waals surface area contributed by atoms with Crippen molar-refractivity contribution in [3.05, 3.63) is 71.8 Å². The summed E-state index contributed by atoms with van der Waals surface area (Å²) in [4.78, 5) is 76.9. The molecule has 2 aromatic carbocycles. The third kappa shape index (κ3) is 37.0. The maximum absolute atomic E-state index is 11.7.